The van der Waals surface area contributed by atoms with Crippen LogP contribution in [0.1, 0.15) is 41.6 Å². The molecule has 186 valence electrons. The van der Waals surface area contributed by atoms with Crippen LogP contribution in [0.3, 0.4) is 0 Å². The summed E-state index contributed by atoms with van der Waals surface area (Å²) in [6, 6.07) is 20.8. The first-order valence-electron chi connectivity index (χ1n) is 11.9. The van der Waals surface area contributed by atoms with Gasteiger partial charge in [-0.15, -0.1) is 0 Å². The van der Waals surface area contributed by atoms with E-state index in [1.807, 2.05) is 29.7 Å². The molecular formula is C29H21BrI2N2O2S. The fourth-order valence-electron chi connectivity index (χ4n) is 5.06. The highest BCUT2D eigenvalue weighted by atomic mass is 127. The summed E-state index contributed by atoms with van der Waals surface area (Å²) in [6.45, 7) is 2.61. The van der Waals surface area contributed by atoms with E-state index in [2.05, 4.69) is 110 Å². The lowest BCUT2D eigenvalue weighted by atomic mass is 9.83. The van der Waals surface area contributed by atoms with E-state index in [4.69, 9.17) is 9.73 Å². The number of aryl methyl sites for hydroxylation is 1. The molecule has 1 aliphatic heterocycles. The molecule has 0 fully saturated rings. The van der Waals surface area contributed by atoms with Crippen LogP contribution in [0.5, 0.6) is 5.75 Å². The molecule has 0 amide bonds. The minimum absolute atomic E-state index is 0.000906. The number of hydrogen-bond donors (Lipinski definition) is 0. The molecule has 4 aromatic rings. The van der Waals surface area contributed by atoms with Gasteiger partial charge < -0.3 is 4.74 Å². The predicted octanol–water partition coefficient (Wildman–Crippen LogP) is 6.69. The van der Waals surface area contributed by atoms with E-state index < -0.39 is 0 Å². The first kappa shape index (κ1) is 25.5. The van der Waals surface area contributed by atoms with Crippen LogP contribution in [0.15, 0.2) is 80.5 Å². The molecule has 0 saturated carbocycles. The Balaban J connectivity index is 1.57. The Morgan fingerprint density at radius 3 is 2.57 bits per heavy atom. The van der Waals surface area contributed by atoms with Gasteiger partial charge in [0.05, 0.1) is 30.0 Å². The van der Waals surface area contributed by atoms with Crippen LogP contribution in [0.25, 0.3) is 11.8 Å². The zero-order chi connectivity index (χ0) is 25.7. The number of aromatic nitrogens is 1. The quantitative estimate of drug-likeness (QED) is 0.217. The monoisotopic (exact) mass is 794 g/mol. The average molecular weight is 795 g/mol. The summed E-state index contributed by atoms with van der Waals surface area (Å²) in [4.78, 5) is 19.8. The minimum atomic E-state index is -0.171. The second-order valence-electron chi connectivity index (χ2n) is 8.91. The Kier molecular flexibility index (Phi) is 7.19. The molecule has 0 bridgehead atoms. The lowest BCUT2D eigenvalue weighted by Crippen LogP contribution is -2.38. The molecule has 1 aliphatic carbocycles. The van der Waals surface area contributed by atoms with Crippen molar-refractivity contribution in [2.45, 2.75) is 25.8 Å². The molecule has 3 aromatic carbocycles. The second kappa shape index (κ2) is 10.4. The Bertz CT molecular complexity index is 1730. The number of hydrogen-bond acceptors (Lipinski definition) is 4. The van der Waals surface area contributed by atoms with Crippen molar-refractivity contribution in [3.63, 3.8) is 0 Å². The van der Waals surface area contributed by atoms with E-state index >= 15 is 0 Å². The van der Waals surface area contributed by atoms with Gasteiger partial charge >= 0.3 is 0 Å². The van der Waals surface area contributed by atoms with Gasteiger partial charge in [-0.05, 0) is 118 Å². The van der Waals surface area contributed by atoms with Gasteiger partial charge in [-0.1, -0.05) is 63.7 Å². The van der Waals surface area contributed by atoms with Crippen LogP contribution in [0, 0.1) is 7.14 Å². The Morgan fingerprint density at radius 1 is 1.11 bits per heavy atom. The van der Waals surface area contributed by atoms with E-state index in [0.717, 1.165) is 51.8 Å². The third-order valence-electron chi connectivity index (χ3n) is 6.67. The van der Waals surface area contributed by atoms with Gasteiger partial charge in [0.1, 0.15) is 5.75 Å². The number of rotatable bonds is 4. The molecule has 0 spiro atoms. The number of allylic oxidation sites excluding steroid dienone is 1. The third-order valence-corrected chi connectivity index (χ3v) is 9.78. The fraction of sp³-hybridized carbons (Fsp3) is 0.172. The molecular weight excluding hydrogens is 774 g/mol. The molecule has 0 N–H and O–H groups in total. The highest BCUT2D eigenvalue weighted by Crippen LogP contribution is 2.41. The lowest BCUT2D eigenvalue weighted by molar-refractivity contribution is 0.335. The summed E-state index contributed by atoms with van der Waals surface area (Å²) >= 11 is 9.63. The number of benzene rings is 3. The molecule has 8 heteroatoms. The van der Waals surface area contributed by atoms with E-state index in [9.17, 15) is 4.79 Å². The van der Waals surface area contributed by atoms with Crippen molar-refractivity contribution in [3.05, 3.63) is 120 Å². The van der Waals surface area contributed by atoms with Crippen molar-refractivity contribution >= 4 is 84.2 Å². The van der Waals surface area contributed by atoms with Crippen molar-refractivity contribution in [1.82, 2.24) is 4.57 Å². The van der Waals surface area contributed by atoms with Crippen molar-refractivity contribution in [2.24, 2.45) is 4.99 Å². The number of halogens is 3. The normalized spacial score (nSPS) is 16.6. The summed E-state index contributed by atoms with van der Waals surface area (Å²) in [7, 11) is 0. The van der Waals surface area contributed by atoms with Gasteiger partial charge in [-0.25, -0.2) is 4.99 Å². The number of fused-ring (bicyclic) bond motifs is 3. The van der Waals surface area contributed by atoms with Crippen LogP contribution in [0.2, 0.25) is 0 Å². The van der Waals surface area contributed by atoms with Gasteiger partial charge in [0.15, 0.2) is 4.80 Å². The van der Waals surface area contributed by atoms with Crippen LogP contribution in [-0.4, -0.2) is 11.2 Å². The van der Waals surface area contributed by atoms with Crippen molar-refractivity contribution in [2.75, 3.05) is 6.61 Å². The molecule has 1 atom stereocenters. The van der Waals surface area contributed by atoms with Crippen LogP contribution >= 0.6 is 72.4 Å². The molecule has 37 heavy (non-hydrogen) atoms. The lowest BCUT2D eigenvalue weighted by Gasteiger charge is -2.30. The van der Waals surface area contributed by atoms with Gasteiger partial charge in [0, 0.05) is 10.0 Å². The zero-order valence-electron chi connectivity index (χ0n) is 19.8. The molecule has 0 radical (unpaired) electrons. The molecule has 2 aliphatic rings. The SMILES string of the molecule is CCOc1c(I)cc(/C=c2/sc3n(c2=O)[C@@H](c2ccc(Br)cc2)C2=C(N=3)c3ccccc3CC2)cc1I. The van der Waals surface area contributed by atoms with Gasteiger partial charge in [0.2, 0.25) is 0 Å². The minimum Gasteiger partial charge on any atom is -0.492 e. The summed E-state index contributed by atoms with van der Waals surface area (Å²) in [5, 5.41) is 0. The molecule has 6 rings (SSSR count). The van der Waals surface area contributed by atoms with Gasteiger partial charge in [0.25, 0.3) is 5.56 Å². The maximum Gasteiger partial charge on any atom is 0.271 e. The number of ether oxygens (including phenoxy) is 1. The standard InChI is InChI=1S/C29H21BrI2N2O2S/c1-2-36-27-22(31)13-16(14-23(27)32)15-24-28(35)34-26(18-7-10-19(30)11-8-18)21-12-9-17-5-3-4-6-20(17)25(21)33-29(34)37-24/h3-8,10-11,13-15,26H,2,9,12H2,1H3/b24-15+/t26-/m0/s1. The zero-order valence-corrected chi connectivity index (χ0v) is 26.5. The fourth-order valence-corrected chi connectivity index (χ4v) is 8.46. The summed E-state index contributed by atoms with van der Waals surface area (Å²) in [5.74, 6) is 0.892. The van der Waals surface area contributed by atoms with Gasteiger partial charge in [-0.2, -0.15) is 0 Å². The first-order chi connectivity index (χ1) is 17.9. The average Bonchev–Trinajstić information content (AvgIpc) is 3.20. The van der Waals surface area contributed by atoms with E-state index in [0.29, 0.717) is 11.1 Å². The second-order valence-corrected chi connectivity index (χ2v) is 13.2. The molecule has 2 heterocycles. The van der Waals surface area contributed by atoms with Crippen molar-refractivity contribution in [3.8, 4) is 5.75 Å². The summed E-state index contributed by atoms with van der Waals surface area (Å²) < 4.78 is 11.5. The van der Waals surface area contributed by atoms with Crippen LogP contribution in [0.4, 0.5) is 0 Å². The first-order valence-corrected chi connectivity index (χ1v) is 15.7. The molecule has 0 unspecified atom stereocenters. The molecule has 4 nitrogen and oxygen atoms in total. The smallest absolute Gasteiger partial charge is 0.271 e. The van der Waals surface area contributed by atoms with E-state index in [1.165, 1.54) is 28.0 Å². The van der Waals surface area contributed by atoms with E-state index in [1.54, 1.807) is 0 Å². The third kappa shape index (κ3) is 4.68. The molecule has 1 aromatic heterocycles. The Morgan fingerprint density at radius 2 is 1.84 bits per heavy atom. The molecule has 0 saturated heterocycles. The highest BCUT2D eigenvalue weighted by Gasteiger charge is 2.32. The summed E-state index contributed by atoms with van der Waals surface area (Å²) in [6.07, 6.45) is 3.82. The Labute approximate surface area is 254 Å². The number of thiazole rings is 1. The highest BCUT2D eigenvalue weighted by molar-refractivity contribution is 14.1. The maximum atomic E-state index is 13.9. The number of nitrogens with zero attached hydrogens (tertiary/aromatic N) is 2. The van der Waals surface area contributed by atoms with Crippen molar-refractivity contribution in [1.29, 1.82) is 0 Å². The van der Waals surface area contributed by atoms with E-state index in [-0.39, 0.29) is 11.6 Å². The van der Waals surface area contributed by atoms with Gasteiger partial charge in [-0.3, -0.25) is 9.36 Å². The van der Waals surface area contributed by atoms with Crippen LogP contribution in [-0.2, 0) is 6.42 Å². The largest absolute Gasteiger partial charge is 0.492 e. The summed E-state index contributed by atoms with van der Waals surface area (Å²) in [5.41, 5.74) is 6.81. The Hall–Kier alpha value is -1.76. The van der Waals surface area contributed by atoms with Crippen LogP contribution < -0.4 is 19.6 Å². The van der Waals surface area contributed by atoms with Crippen molar-refractivity contribution < 1.29 is 4.74 Å². The topological polar surface area (TPSA) is 43.6 Å². The maximum absolute atomic E-state index is 13.9. The predicted molar refractivity (Wildman–Crippen MR) is 170 cm³/mol.